The monoisotopic (exact) mass is 499 g/mol. The molecule has 0 aromatic heterocycles. The van der Waals surface area contributed by atoms with Gasteiger partial charge >= 0.3 is 0 Å². The first-order valence-electron chi connectivity index (χ1n) is 10.9. The number of hydrogen-bond acceptors (Lipinski definition) is 5. The second-order valence-electron chi connectivity index (χ2n) is 7.87. The average molecular weight is 500 g/mol. The third-order valence-corrected chi connectivity index (χ3v) is 8.31. The summed E-state index contributed by atoms with van der Waals surface area (Å²) in [6.07, 6.45) is 1.90. The minimum Gasteiger partial charge on any atom is -0.368 e. The number of para-hydroxylation sites is 1. The largest absolute Gasteiger partial charge is 0.368 e. The molecule has 9 heteroatoms. The van der Waals surface area contributed by atoms with E-state index in [-0.39, 0.29) is 16.5 Å². The lowest BCUT2D eigenvalue weighted by atomic mass is 10.2. The molecule has 0 N–H and O–H groups in total. The number of thioether (sulfide) groups is 1. The van der Waals surface area contributed by atoms with E-state index in [0.717, 1.165) is 21.0 Å². The van der Waals surface area contributed by atoms with Gasteiger partial charge in [0.25, 0.3) is 10.0 Å². The third-order valence-electron chi connectivity index (χ3n) is 5.78. The smallest absolute Gasteiger partial charge is 0.264 e. The molecule has 1 heterocycles. The Morgan fingerprint density at radius 3 is 2.24 bits per heavy atom. The van der Waals surface area contributed by atoms with E-state index in [1.165, 1.54) is 42.1 Å². The SMILES string of the molecule is CSc1ccc(S(=O)(=O)N(CC(=O)N2CCN(c3ccccc3)CC2)c2cccc(F)c2)cc1. The maximum Gasteiger partial charge on any atom is 0.264 e. The number of carbonyl (C=O) groups excluding carboxylic acids is 1. The topological polar surface area (TPSA) is 60.9 Å². The number of rotatable bonds is 7. The minimum absolute atomic E-state index is 0.0521. The van der Waals surface area contributed by atoms with E-state index in [9.17, 15) is 17.6 Å². The van der Waals surface area contributed by atoms with Crippen molar-refractivity contribution in [3.05, 3.63) is 84.7 Å². The first-order chi connectivity index (χ1) is 16.4. The summed E-state index contributed by atoms with van der Waals surface area (Å²) >= 11 is 1.50. The molecule has 3 aromatic rings. The van der Waals surface area contributed by atoms with E-state index < -0.39 is 22.4 Å². The number of benzene rings is 3. The van der Waals surface area contributed by atoms with Crippen LogP contribution in [-0.4, -0.2) is 58.2 Å². The molecule has 1 aliphatic rings. The third kappa shape index (κ3) is 5.37. The van der Waals surface area contributed by atoms with Gasteiger partial charge in [0.2, 0.25) is 5.91 Å². The molecule has 0 saturated carbocycles. The molecule has 1 fully saturated rings. The molecule has 6 nitrogen and oxygen atoms in total. The van der Waals surface area contributed by atoms with Gasteiger partial charge in [-0.2, -0.15) is 0 Å². The Balaban J connectivity index is 1.54. The van der Waals surface area contributed by atoms with Gasteiger partial charge in [-0.25, -0.2) is 12.8 Å². The molecule has 0 unspecified atom stereocenters. The molecular weight excluding hydrogens is 473 g/mol. The van der Waals surface area contributed by atoms with Crippen molar-refractivity contribution in [1.82, 2.24) is 4.90 Å². The van der Waals surface area contributed by atoms with Crippen molar-refractivity contribution in [2.24, 2.45) is 0 Å². The van der Waals surface area contributed by atoms with Gasteiger partial charge in [0, 0.05) is 36.8 Å². The normalized spacial score (nSPS) is 14.2. The molecule has 4 rings (SSSR count). The van der Waals surface area contributed by atoms with Crippen molar-refractivity contribution >= 4 is 39.1 Å². The number of amides is 1. The van der Waals surface area contributed by atoms with Crippen LogP contribution in [0.2, 0.25) is 0 Å². The summed E-state index contributed by atoms with van der Waals surface area (Å²) in [7, 11) is -4.08. The fourth-order valence-electron chi connectivity index (χ4n) is 3.90. The van der Waals surface area contributed by atoms with Crippen molar-refractivity contribution in [3.8, 4) is 0 Å². The first-order valence-corrected chi connectivity index (χ1v) is 13.5. The molecule has 0 bridgehead atoms. The predicted octanol–water partition coefficient (Wildman–Crippen LogP) is 4.09. The number of piperazine rings is 1. The highest BCUT2D eigenvalue weighted by atomic mass is 32.2. The van der Waals surface area contributed by atoms with Gasteiger partial charge in [-0.1, -0.05) is 24.3 Å². The zero-order chi connectivity index (χ0) is 24.1. The number of anilines is 2. The van der Waals surface area contributed by atoms with Crippen LogP contribution in [0.15, 0.2) is 88.7 Å². The van der Waals surface area contributed by atoms with Crippen LogP contribution in [0, 0.1) is 5.82 Å². The molecule has 3 aromatic carbocycles. The summed E-state index contributed by atoms with van der Waals surface area (Å²) < 4.78 is 42.0. The number of nitrogens with zero attached hydrogens (tertiary/aromatic N) is 3. The van der Waals surface area contributed by atoms with Gasteiger partial charge in [0.05, 0.1) is 10.6 Å². The van der Waals surface area contributed by atoms with Crippen molar-refractivity contribution in [1.29, 1.82) is 0 Å². The van der Waals surface area contributed by atoms with Crippen LogP contribution in [0.3, 0.4) is 0 Å². The summed E-state index contributed by atoms with van der Waals surface area (Å²) in [5.41, 5.74) is 1.21. The Labute approximate surface area is 204 Å². The molecule has 0 aliphatic carbocycles. The van der Waals surface area contributed by atoms with E-state index >= 15 is 0 Å². The van der Waals surface area contributed by atoms with Gasteiger partial charge in [-0.05, 0) is 60.9 Å². The standard InChI is InChI=1S/C25H26FN3O3S2/c1-33-23-10-12-24(13-11-23)34(31,32)29(22-9-5-6-20(26)18-22)19-25(30)28-16-14-27(15-17-28)21-7-3-2-4-8-21/h2-13,18H,14-17,19H2,1H3. The molecule has 0 atom stereocenters. The van der Waals surface area contributed by atoms with Gasteiger partial charge < -0.3 is 9.80 Å². The Morgan fingerprint density at radius 2 is 1.62 bits per heavy atom. The van der Waals surface area contributed by atoms with E-state index in [1.807, 2.05) is 36.6 Å². The lowest BCUT2D eigenvalue weighted by molar-refractivity contribution is -0.129. The first kappa shape index (κ1) is 24.1. The fourth-order valence-corrected chi connectivity index (χ4v) is 5.71. The lowest BCUT2D eigenvalue weighted by Crippen LogP contribution is -2.52. The van der Waals surface area contributed by atoms with Crippen molar-refractivity contribution in [2.75, 3.05) is 48.2 Å². The van der Waals surface area contributed by atoms with Crippen LogP contribution in [0.4, 0.5) is 15.8 Å². The minimum atomic E-state index is -4.08. The molecule has 1 aliphatic heterocycles. The van der Waals surface area contributed by atoms with Crippen LogP contribution < -0.4 is 9.21 Å². The fraction of sp³-hybridized carbons (Fsp3) is 0.240. The highest BCUT2D eigenvalue weighted by Gasteiger charge is 2.30. The Kier molecular flexibility index (Phi) is 7.43. The van der Waals surface area contributed by atoms with Gasteiger partial charge in [0.15, 0.2) is 0 Å². The average Bonchev–Trinajstić information content (AvgIpc) is 2.87. The van der Waals surface area contributed by atoms with E-state index in [2.05, 4.69) is 4.90 Å². The zero-order valence-electron chi connectivity index (χ0n) is 18.8. The van der Waals surface area contributed by atoms with Gasteiger partial charge in [0.1, 0.15) is 12.4 Å². The van der Waals surface area contributed by atoms with Crippen LogP contribution in [-0.2, 0) is 14.8 Å². The Hall–Kier alpha value is -3.04. The second-order valence-corrected chi connectivity index (χ2v) is 10.6. The zero-order valence-corrected chi connectivity index (χ0v) is 20.4. The quantitative estimate of drug-likeness (QED) is 0.458. The highest BCUT2D eigenvalue weighted by Crippen LogP contribution is 2.26. The van der Waals surface area contributed by atoms with E-state index in [1.54, 1.807) is 17.0 Å². The summed E-state index contributed by atoms with van der Waals surface area (Å²) in [6.45, 7) is 1.86. The number of carbonyl (C=O) groups is 1. The van der Waals surface area contributed by atoms with E-state index in [4.69, 9.17) is 0 Å². The van der Waals surface area contributed by atoms with Crippen LogP contribution in [0.5, 0.6) is 0 Å². The Bertz CT molecular complexity index is 1230. The number of hydrogen-bond donors (Lipinski definition) is 0. The molecule has 0 spiro atoms. The van der Waals surface area contributed by atoms with Gasteiger partial charge in [-0.3, -0.25) is 9.10 Å². The lowest BCUT2D eigenvalue weighted by Gasteiger charge is -2.37. The Morgan fingerprint density at radius 1 is 0.941 bits per heavy atom. The second kappa shape index (κ2) is 10.5. The van der Waals surface area contributed by atoms with Gasteiger partial charge in [-0.15, -0.1) is 11.8 Å². The molecule has 1 amide bonds. The number of sulfonamides is 1. The number of halogens is 1. The van der Waals surface area contributed by atoms with Crippen LogP contribution in [0.1, 0.15) is 0 Å². The van der Waals surface area contributed by atoms with Crippen molar-refractivity contribution < 1.29 is 17.6 Å². The van der Waals surface area contributed by atoms with Crippen molar-refractivity contribution in [2.45, 2.75) is 9.79 Å². The predicted molar refractivity (Wildman–Crippen MR) is 134 cm³/mol. The molecule has 1 saturated heterocycles. The summed E-state index contributed by atoms with van der Waals surface area (Å²) in [5.74, 6) is -0.888. The molecular formula is C25H26FN3O3S2. The van der Waals surface area contributed by atoms with E-state index in [0.29, 0.717) is 26.2 Å². The summed E-state index contributed by atoms with van der Waals surface area (Å²) in [5, 5.41) is 0. The molecule has 34 heavy (non-hydrogen) atoms. The highest BCUT2D eigenvalue weighted by molar-refractivity contribution is 7.98. The van der Waals surface area contributed by atoms with Crippen LogP contribution in [0.25, 0.3) is 0 Å². The summed E-state index contributed by atoms with van der Waals surface area (Å²) in [6, 6.07) is 21.7. The maximum absolute atomic E-state index is 14.0. The van der Waals surface area contributed by atoms with Crippen molar-refractivity contribution in [3.63, 3.8) is 0 Å². The van der Waals surface area contributed by atoms with Crippen LogP contribution >= 0.6 is 11.8 Å². The molecule has 178 valence electrons. The summed E-state index contributed by atoms with van der Waals surface area (Å²) in [4.78, 5) is 18.0. The maximum atomic E-state index is 14.0. The molecule has 0 radical (unpaired) electrons.